The Balaban J connectivity index is 1.40. The van der Waals surface area contributed by atoms with Gasteiger partial charge in [0.25, 0.3) is 0 Å². The van der Waals surface area contributed by atoms with E-state index in [4.69, 9.17) is 0 Å². The van der Waals surface area contributed by atoms with Gasteiger partial charge in [-0.25, -0.2) is 0 Å². The van der Waals surface area contributed by atoms with Crippen molar-refractivity contribution in [2.24, 2.45) is 0 Å². The van der Waals surface area contributed by atoms with Crippen molar-refractivity contribution in [2.75, 3.05) is 0 Å². The molecule has 0 amide bonds. The summed E-state index contributed by atoms with van der Waals surface area (Å²) in [7, 11) is 0. The first-order chi connectivity index (χ1) is 18.9. The van der Waals surface area contributed by atoms with E-state index < -0.39 is 0 Å². The molecule has 0 radical (unpaired) electrons. The van der Waals surface area contributed by atoms with Crippen LogP contribution in [0.1, 0.15) is 0 Å². The molecule has 1 nitrogen and oxygen atoms in total. The first-order valence-electron chi connectivity index (χ1n) is 13.0. The van der Waals surface area contributed by atoms with Crippen molar-refractivity contribution in [3.8, 4) is 27.9 Å². The highest BCUT2D eigenvalue weighted by Gasteiger charge is 2.16. The van der Waals surface area contributed by atoms with Crippen LogP contribution in [0.2, 0.25) is 0 Å². The Morgan fingerprint density at radius 2 is 0.974 bits per heavy atom. The van der Waals surface area contributed by atoms with E-state index in [1.807, 2.05) is 11.3 Å². The summed E-state index contributed by atoms with van der Waals surface area (Å²) < 4.78 is 5.08. The molecule has 0 bridgehead atoms. The maximum absolute atomic E-state index is 2.40. The fraction of sp³-hybridized carbons (Fsp3) is 0. The average Bonchev–Trinajstić information content (AvgIpc) is 3.53. The monoisotopic (exact) mass is 501 g/mol. The summed E-state index contributed by atoms with van der Waals surface area (Å²) in [6.07, 6.45) is 0. The lowest BCUT2D eigenvalue weighted by molar-refractivity contribution is 1.18. The summed E-state index contributed by atoms with van der Waals surface area (Å²) in [5.74, 6) is 0. The van der Waals surface area contributed by atoms with Crippen LogP contribution in [0.3, 0.4) is 0 Å². The van der Waals surface area contributed by atoms with Gasteiger partial charge in [-0.05, 0) is 46.5 Å². The molecular weight excluding hydrogens is 478 g/mol. The lowest BCUT2D eigenvalue weighted by Crippen LogP contribution is -1.93. The Hall–Kier alpha value is -4.66. The maximum Gasteiger partial charge on any atom is 0.0547 e. The van der Waals surface area contributed by atoms with Crippen LogP contribution >= 0.6 is 11.3 Å². The molecule has 2 heterocycles. The third-order valence-corrected chi connectivity index (χ3v) is 8.90. The summed E-state index contributed by atoms with van der Waals surface area (Å²) in [6.45, 7) is 0. The molecule has 0 saturated heterocycles. The van der Waals surface area contributed by atoms with Crippen molar-refractivity contribution in [1.82, 2.24) is 4.57 Å². The summed E-state index contributed by atoms with van der Waals surface area (Å²) in [4.78, 5) is 0. The van der Waals surface area contributed by atoms with Gasteiger partial charge in [0.1, 0.15) is 0 Å². The molecule has 0 atom stereocenters. The average molecular weight is 502 g/mol. The molecule has 0 N–H and O–H groups in total. The normalized spacial score (nSPS) is 11.7. The van der Waals surface area contributed by atoms with Crippen LogP contribution in [0, 0.1) is 0 Å². The van der Waals surface area contributed by atoms with E-state index in [1.165, 1.54) is 69.9 Å². The molecule has 6 aromatic carbocycles. The fourth-order valence-corrected chi connectivity index (χ4v) is 7.26. The molecule has 0 unspecified atom stereocenters. The first kappa shape index (κ1) is 21.4. The van der Waals surface area contributed by atoms with E-state index in [1.54, 1.807) is 0 Å². The van der Waals surface area contributed by atoms with Gasteiger partial charge < -0.3 is 4.57 Å². The highest BCUT2D eigenvalue weighted by molar-refractivity contribution is 7.26. The highest BCUT2D eigenvalue weighted by atomic mass is 32.1. The van der Waals surface area contributed by atoms with Gasteiger partial charge in [-0.15, -0.1) is 11.3 Å². The van der Waals surface area contributed by atoms with Gasteiger partial charge in [-0.3, -0.25) is 0 Å². The third-order valence-electron chi connectivity index (χ3n) is 7.61. The molecule has 0 aliphatic rings. The van der Waals surface area contributed by atoms with E-state index in [2.05, 4.69) is 144 Å². The molecule has 38 heavy (non-hydrogen) atoms. The number of benzene rings is 6. The molecule has 0 aliphatic carbocycles. The Morgan fingerprint density at radius 3 is 1.71 bits per heavy atom. The standard InChI is InChI=1S/C36H23NS/c1-3-11-24(12-4-1)27-16-9-18-31-32-19-10-17-28(36(32)38-35(27)31)25-21-22-30-29-15-7-8-20-33(29)37(34(30)23-25)26-13-5-2-6-14-26/h1-23H. The van der Waals surface area contributed by atoms with E-state index in [0.717, 1.165) is 0 Å². The molecule has 0 spiro atoms. The minimum absolute atomic E-state index is 1.18. The van der Waals surface area contributed by atoms with Gasteiger partial charge in [0, 0.05) is 36.6 Å². The van der Waals surface area contributed by atoms with Crippen LogP contribution in [0.25, 0.3) is 69.9 Å². The van der Waals surface area contributed by atoms with Crippen molar-refractivity contribution in [2.45, 2.75) is 0 Å². The second kappa shape index (κ2) is 8.44. The number of thiophene rings is 1. The molecule has 8 rings (SSSR count). The third kappa shape index (κ3) is 3.17. The SMILES string of the molecule is c1ccc(-c2cccc3c2sc2c(-c4ccc5c6ccccc6n(-c6ccccc6)c5c4)cccc23)cc1. The van der Waals surface area contributed by atoms with Crippen molar-refractivity contribution >= 4 is 53.3 Å². The van der Waals surface area contributed by atoms with E-state index in [0.29, 0.717) is 0 Å². The Bertz CT molecular complexity index is 2110. The van der Waals surface area contributed by atoms with E-state index >= 15 is 0 Å². The zero-order valence-electron chi connectivity index (χ0n) is 20.6. The molecule has 0 saturated carbocycles. The molecule has 8 aromatic rings. The first-order valence-corrected chi connectivity index (χ1v) is 13.8. The number of nitrogens with zero attached hydrogens (tertiary/aromatic N) is 1. The van der Waals surface area contributed by atoms with Crippen LogP contribution in [-0.4, -0.2) is 4.57 Å². The Labute approximate surface area is 224 Å². The van der Waals surface area contributed by atoms with Crippen LogP contribution in [0.4, 0.5) is 0 Å². The van der Waals surface area contributed by atoms with Crippen molar-refractivity contribution in [1.29, 1.82) is 0 Å². The Kier molecular flexibility index (Phi) is 4.76. The molecular formula is C36H23NS. The van der Waals surface area contributed by atoms with Gasteiger partial charge >= 0.3 is 0 Å². The van der Waals surface area contributed by atoms with Crippen molar-refractivity contribution < 1.29 is 0 Å². The van der Waals surface area contributed by atoms with E-state index in [-0.39, 0.29) is 0 Å². The molecule has 2 aromatic heterocycles. The molecule has 0 aliphatic heterocycles. The number of rotatable bonds is 3. The van der Waals surface area contributed by atoms with Gasteiger partial charge in [0.15, 0.2) is 0 Å². The summed E-state index contributed by atoms with van der Waals surface area (Å²) in [5, 5.41) is 5.21. The second-order valence-corrected chi connectivity index (χ2v) is 10.8. The van der Waals surface area contributed by atoms with Gasteiger partial charge in [-0.2, -0.15) is 0 Å². The summed E-state index contributed by atoms with van der Waals surface area (Å²) in [5.41, 5.74) is 8.75. The highest BCUT2D eigenvalue weighted by Crippen LogP contribution is 2.44. The van der Waals surface area contributed by atoms with Gasteiger partial charge in [0.2, 0.25) is 0 Å². The van der Waals surface area contributed by atoms with Crippen molar-refractivity contribution in [3.63, 3.8) is 0 Å². The quantitative estimate of drug-likeness (QED) is 0.227. The summed E-state index contributed by atoms with van der Waals surface area (Å²) in [6, 6.07) is 50.5. The van der Waals surface area contributed by atoms with Gasteiger partial charge in [0.05, 0.1) is 11.0 Å². The smallest absolute Gasteiger partial charge is 0.0547 e. The van der Waals surface area contributed by atoms with Crippen LogP contribution in [0.5, 0.6) is 0 Å². The number of hydrogen-bond acceptors (Lipinski definition) is 1. The fourth-order valence-electron chi connectivity index (χ4n) is 5.89. The van der Waals surface area contributed by atoms with Crippen molar-refractivity contribution in [3.05, 3.63) is 140 Å². The minimum Gasteiger partial charge on any atom is -0.309 e. The number of fused-ring (bicyclic) bond motifs is 6. The minimum atomic E-state index is 1.18. The lowest BCUT2D eigenvalue weighted by atomic mass is 9.99. The van der Waals surface area contributed by atoms with Gasteiger partial charge in [-0.1, -0.05) is 115 Å². The number of hydrogen-bond donors (Lipinski definition) is 0. The number of para-hydroxylation sites is 2. The predicted molar refractivity (Wildman–Crippen MR) is 165 cm³/mol. The van der Waals surface area contributed by atoms with Crippen LogP contribution in [-0.2, 0) is 0 Å². The zero-order chi connectivity index (χ0) is 25.1. The largest absolute Gasteiger partial charge is 0.309 e. The number of aromatic nitrogens is 1. The topological polar surface area (TPSA) is 4.93 Å². The second-order valence-electron chi connectivity index (χ2n) is 9.75. The molecule has 178 valence electrons. The summed E-state index contributed by atoms with van der Waals surface area (Å²) >= 11 is 1.91. The maximum atomic E-state index is 2.40. The van der Waals surface area contributed by atoms with E-state index in [9.17, 15) is 0 Å². The van der Waals surface area contributed by atoms with Crippen LogP contribution < -0.4 is 0 Å². The zero-order valence-corrected chi connectivity index (χ0v) is 21.5. The predicted octanol–water partition coefficient (Wildman–Crippen LogP) is 10.5. The van der Waals surface area contributed by atoms with Crippen LogP contribution in [0.15, 0.2) is 140 Å². The lowest BCUT2D eigenvalue weighted by Gasteiger charge is -2.09. The molecule has 0 fully saturated rings. The Morgan fingerprint density at radius 1 is 0.395 bits per heavy atom. The molecule has 2 heteroatoms.